The monoisotopic (exact) mass is 145 g/mol. The molecule has 0 aliphatic carbocycles. The average molecular weight is 145 g/mol. The molecule has 0 radical (unpaired) electrons. The molecule has 9 heavy (non-hydrogen) atoms. The van der Waals surface area contributed by atoms with Crippen molar-refractivity contribution in [2.24, 2.45) is 0 Å². The van der Waals surface area contributed by atoms with E-state index in [1.807, 2.05) is 0 Å². The first-order chi connectivity index (χ1) is 4.10. The quantitative estimate of drug-likeness (QED) is 0.507. The molecule has 1 rings (SSSR count). The minimum atomic E-state index is 0.0370. The third-order valence-corrected chi connectivity index (χ3v) is 1.39. The molecule has 52 valence electrons. The molecule has 3 heteroatoms. The predicted octanol–water partition coefficient (Wildman–Crippen LogP) is 0.712. The molecule has 0 atom stereocenters. The van der Waals surface area contributed by atoms with Crippen molar-refractivity contribution in [2.45, 2.75) is 19.4 Å². The van der Waals surface area contributed by atoms with Crippen LogP contribution in [0, 0.1) is 0 Å². The minimum Gasteiger partial charge on any atom is -0.372 e. The fourth-order valence-corrected chi connectivity index (χ4v) is 1.21. The van der Waals surface area contributed by atoms with Gasteiger partial charge in [-0.25, -0.2) is 0 Å². The van der Waals surface area contributed by atoms with Gasteiger partial charge in [0.25, 0.3) is 0 Å². The lowest BCUT2D eigenvalue weighted by molar-refractivity contribution is 0.0970. The van der Waals surface area contributed by atoms with Crippen molar-refractivity contribution in [1.29, 1.82) is 0 Å². The van der Waals surface area contributed by atoms with Crippen LogP contribution in [0.4, 0.5) is 0 Å². The number of thiocarbonyl (C=S) groups is 1. The number of hydrogen-bond donors (Lipinski definition) is 1. The molecule has 1 N–H and O–H groups in total. The van der Waals surface area contributed by atoms with Crippen LogP contribution in [0.3, 0.4) is 0 Å². The van der Waals surface area contributed by atoms with Gasteiger partial charge in [0.05, 0.1) is 18.8 Å². The maximum absolute atomic E-state index is 5.19. The van der Waals surface area contributed by atoms with Gasteiger partial charge in [-0.2, -0.15) is 0 Å². The molecule has 1 aliphatic heterocycles. The summed E-state index contributed by atoms with van der Waals surface area (Å²) in [6.07, 6.45) is 0. The second-order valence-corrected chi connectivity index (χ2v) is 3.42. The van der Waals surface area contributed by atoms with E-state index in [2.05, 4.69) is 19.2 Å². The smallest absolute Gasteiger partial charge is 0.102 e. The number of hydrogen-bond acceptors (Lipinski definition) is 2. The summed E-state index contributed by atoms with van der Waals surface area (Å²) in [5.74, 6) is 0. The summed E-state index contributed by atoms with van der Waals surface area (Å²) < 4.78 is 5.19. The van der Waals surface area contributed by atoms with Crippen LogP contribution in [0.15, 0.2) is 0 Å². The number of nitrogens with one attached hydrogen (secondary N) is 1. The average Bonchev–Trinajstić information content (AvgIpc) is 1.60. The van der Waals surface area contributed by atoms with E-state index in [1.165, 1.54) is 0 Å². The lowest BCUT2D eigenvalue weighted by Gasteiger charge is -2.32. The topological polar surface area (TPSA) is 21.3 Å². The zero-order valence-corrected chi connectivity index (χ0v) is 6.55. The summed E-state index contributed by atoms with van der Waals surface area (Å²) in [5, 5.41) is 3.16. The summed E-state index contributed by atoms with van der Waals surface area (Å²) in [5.41, 5.74) is 0.0370. The van der Waals surface area contributed by atoms with E-state index < -0.39 is 0 Å². The molecule has 0 saturated carbocycles. The number of ether oxygens (including phenoxy) is 1. The van der Waals surface area contributed by atoms with Crippen LogP contribution in [-0.2, 0) is 4.74 Å². The van der Waals surface area contributed by atoms with Gasteiger partial charge in [-0.3, -0.25) is 0 Å². The van der Waals surface area contributed by atoms with Gasteiger partial charge in [0.2, 0.25) is 0 Å². The van der Waals surface area contributed by atoms with Crippen LogP contribution < -0.4 is 5.32 Å². The molecule has 1 heterocycles. The predicted molar refractivity (Wildman–Crippen MR) is 40.6 cm³/mol. The summed E-state index contributed by atoms with van der Waals surface area (Å²) in [6, 6.07) is 0. The molecule has 0 bridgehead atoms. The SMILES string of the molecule is CC1(C)COCC(=S)N1. The highest BCUT2D eigenvalue weighted by Gasteiger charge is 2.22. The van der Waals surface area contributed by atoms with Crippen LogP contribution >= 0.6 is 12.2 Å². The van der Waals surface area contributed by atoms with E-state index in [1.54, 1.807) is 0 Å². The van der Waals surface area contributed by atoms with Crippen LogP contribution in [0.5, 0.6) is 0 Å². The van der Waals surface area contributed by atoms with E-state index in [-0.39, 0.29) is 5.54 Å². The molecule has 0 aromatic heterocycles. The van der Waals surface area contributed by atoms with Gasteiger partial charge in [0, 0.05) is 0 Å². The molecule has 0 spiro atoms. The first kappa shape index (κ1) is 6.96. The van der Waals surface area contributed by atoms with E-state index >= 15 is 0 Å². The normalized spacial score (nSPS) is 25.3. The standard InChI is InChI=1S/C6H11NOS/c1-6(2)4-8-3-5(9)7-6/h3-4H2,1-2H3,(H,7,9). The lowest BCUT2D eigenvalue weighted by Crippen LogP contribution is -2.52. The van der Waals surface area contributed by atoms with E-state index in [0.29, 0.717) is 6.61 Å². The highest BCUT2D eigenvalue weighted by Crippen LogP contribution is 2.06. The fraction of sp³-hybridized carbons (Fsp3) is 0.833. The van der Waals surface area contributed by atoms with Gasteiger partial charge in [-0.1, -0.05) is 12.2 Å². The molecule has 1 fully saturated rings. The first-order valence-electron chi connectivity index (χ1n) is 2.99. The van der Waals surface area contributed by atoms with E-state index in [9.17, 15) is 0 Å². The van der Waals surface area contributed by atoms with Gasteiger partial charge < -0.3 is 10.1 Å². The summed E-state index contributed by atoms with van der Waals surface area (Å²) >= 11 is 4.92. The number of rotatable bonds is 0. The van der Waals surface area contributed by atoms with Crippen molar-refractivity contribution in [2.75, 3.05) is 13.2 Å². The molecule has 1 aliphatic rings. The Bertz CT molecular complexity index is 133. The molecule has 0 aromatic carbocycles. The van der Waals surface area contributed by atoms with Gasteiger partial charge in [0.15, 0.2) is 0 Å². The van der Waals surface area contributed by atoms with E-state index in [0.717, 1.165) is 11.6 Å². The van der Waals surface area contributed by atoms with Crippen molar-refractivity contribution in [1.82, 2.24) is 5.32 Å². The van der Waals surface area contributed by atoms with Crippen molar-refractivity contribution in [3.8, 4) is 0 Å². The maximum atomic E-state index is 5.19. The van der Waals surface area contributed by atoms with Gasteiger partial charge in [-0.05, 0) is 13.8 Å². The van der Waals surface area contributed by atoms with Crippen molar-refractivity contribution in [3.63, 3.8) is 0 Å². The molecule has 2 nitrogen and oxygen atoms in total. The highest BCUT2D eigenvalue weighted by molar-refractivity contribution is 7.80. The zero-order valence-electron chi connectivity index (χ0n) is 5.73. The lowest BCUT2D eigenvalue weighted by atomic mass is 10.1. The van der Waals surface area contributed by atoms with E-state index in [4.69, 9.17) is 17.0 Å². The van der Waals surface area contributed by atoms with Crippen LogP contribution in [0.1, 0.15) is 13.8 Å². The highest BCUT2D eigenvalue weighted by atomic mass is 32.1. The molecule has 0 aromatic rings. The Kier molecular flexibility index (Phi) is 1.73. The Hall–Kier alpha value is -0.150. The Morgan fingerprint density at radius 1 is 1.67 bits per heavy atom. The Morgan fingerprint density at radius 2 is 2.33 bits per heavy atom. The molecule has 0 unspecified atom stereocenters. The third-order valence-electron chi connectivity index (χ3n) is 1.17. The zero-order chi connectivity index (χ0) is 6.91. The third kappa shape index (κ3) is 1.91. The van der Waals surface area contributed by atoms with Crippen molar-refractivity contribution >= 4 is 17.2 Å². The Labute approximate surface area is 60.6 Å². The Morgan fingerprint density at radius 3 is 2.67 bits per heavy atom. The molecular formula is C6H11NOS. The largest absolute Gasteiger partial charge is 0.372 e. The van der Waals surface area contributed by atoms with Crippen LogP contribution in [-0.4, -0.2) is 23.7 Å². The molecular weight excluding hydrogens is 134 g/mol. The Balaban J connectivity index is 2.51. The van der Waals surface area contributed by atoms with Crippen LogP contribution in [0.25, 0.3) is 0 Å². The maximum Gasteiger partial charge on any atom is 0.102 e. The second-order valence-electron chi connectivity index (χ2n) is 2.92. The fourth-order valence-electron chi connectivity index (χ4n) is 0.848. The first-order valence-corrected chi connectivity index (χ1v) is 3.40. The summed E-state index contributed by atoms with van der Waals surface area (Å²) in [4.78, 5) is 0.811. The number of morpholine rings is 1. The summed E-state index contributed by atoms with van der Waals surface area (Å²) in [6.45, 7) is 5.46. The molecule has 1 saturated heterocycles. The van der Waals surface area contributed by atoms with Crippen molar-refractivity contribution < 1.29 is 4.74 Å². The van der Waals surface area contributed by atoms with Gasteiger partial charge in [0.1, 0.15) is 4.99 Å². The summed E-state index contributed by atoms with van der Waals surface area (Å²) in [7, 11) is 0. The minimum absolute atomic E-state index is 0.0370. The van der Waals surface area contributed by atoms with Gasteiger partial charge >= 0.3 is 0 Å². The van der Waals surface area contributed by atoms with Gasteiger partial charge in [-0.15, -0.1) is 0 Å². The molecule has 0 amide bonds. The second kappa shape index (κ2) is 2.23. The van der Waals surface area contributed by atoms with Crippen LogP contribution in [0.2, 0.25) is 0 Å². The van der Waals surface area contributed by atoms with Crippen molar-refractivity contribution in [3.05, 3.63) is 0 Å².